The zero-order valence-corrected chi connectivity index (χ0v) is 50.2. The second-order valence-electron chi connectivity index (χ2n) is 22.2. The number of hydrogen-bond donors (Lipinski definition) is 9. The van der Waals surface area contributed by atoms with Crippen LogP contribution in [0.5, 0.6) is 0 Å². The van der Waals surface area contributed by atoms with E-state index >= 15 is 0 Å². The molecule has 0 saturated carbocycles. The van der Waals surface area contributed by atoms with Gasteiger partial charge < -0.3 is 65.1 Å². The van der Waals surface area contributed by atoms with Crippen molar-refractivity contribution < 1.29 is 64.6 Å². The number of hydrogen-bond acceptors (Lipinski definition) is 13. The third kappa shape index (κ3) is 36.4. The molecule has 2 aliphatic rings. The number of carbonyl (C=O) groups excluding carboxylic acids is 1. The molecule has 466 valence electrons. The van der Waals surface area contributed by atoms with Gasteiger partial charge in [0.05, 0.1) is 32.0 Å². The lowest BCUT2D eigenvalue weighted by Crippen LogP contribution is -2.65. The number of allylic oxidation sites excluding steroid dienone is 16. The lowest BCUT2D eigenvalue weighted by Gasteiger charge is -2.46. The Hall–Kier alpha value is -3.09. The van der Waals surface area contributed by atoms with Gasteiger partial charge in [-0.1, -0.05) is 239 Å². The molecule has 0 radical (unpaired) electrons. The van der Waals surface area contributed by atoms with Crippen LogP contribution in [0.25, 0.3) is 0 Å². The molecule has 14 nitrogen and oxygen atoms in total. The van der Waals surface area contributed by atoms with Crippen molar-refractivity contribution in [2.75, 3.05) is 19.8 Å². The maximum Gasteiger partial charge on any atom is 0.220 e. The summed E-state index contributed by atoms with van der Waals surface area (Å²) in [5, 5.41) is 87.4. The molecule has 1 amide bonds. The van der Waals surface area contributed by atoms with Crippen LogP contribution in [-0.2, 0) is 23.7 Å². The predicted molar refractivity (Wildman–Crippen MR) is 327 cm³/mol. The molecule has 81 heavy (non-hydrogen) atoms. The van der Waals surface area contributed by atoms with Crippen molar-refractivity contribution in [2.45, 2.75) is 299 Å². The number of aliphatic hydroxyl groups is 8. The van der Waals surface area contributed by atoms with E-state index in [0.29, 0.717) is 12.8 Å². The molecule has 9 N–H and O–H groups in total. The molecular formula is C67H115NO13. The second kappa shape index (κ2) is 51.3. The molecule has 0 bridgehead atoms. The number of ether oxygens (including phenoxy) is 4. The van der Waals surface area contributed by atoms with Crippen molar-refractivity contribution in [3.8, 4) is 0 Å². The maximum absolute atomic E-state index is 13.3. The van der Waals surface area contributed by atoms with Crippen LogP contribution in [0.2, 0.25) is 0 Å². The van der Waals surface area contributed by atoms with Gasteiger partial charge in [0, 0.05) is 6.42 Å². The first-order valence-electron chi connectivity index (χ1n) is 32.0. The van der Waals surface area contributed by atoms with Crippen LogP contribution in [0.3, 0.4) is 0 Å². The predicted octanol–water partition coefficient (Wildman–Crippen LogP) is 11.8. The van der Waals surface area contributed by atoms with Gasteiger partial charge in [-0.15, -0.1) is 0 Å². The molecule has 14 heteroatoms. The first kappa shape index (κ1) is 74.0. The minimum absolute atomic E-state index is 0.243. The van der Waals surface area contributed by atoms with Gasteiger partial charge in [-0.25, -0.2) is 0 Å². The van der Waals surface area contributed by atoms with Crippen LogP contribution in [-0.4, -0.2) is 140 Å². The largest absolute Gasteiger partial charge is 0.394 e. The molecule has 0 spiro atoms. The number of carbonyl (C=O) groups is 1. The van der Waals surface area contributed by atoms with E-state index in [1.807, 2.05) is 0 Å². The molecule has 0 aromatic rings. The van der Waals surface area contributed by atoms with Crippen molar-refractivity contribution in [3.63, 3.8) is 0 Å². The monoisotopic (exact) mass is 1140 g/mol. The molecule has 2 fully saturated rings. The molecule has 2 aliphatic heterocycles. The van der Waals surface area contributed by atoms with Gasteiger partial charge in [-0.05, 0) is 77.0 Å². The molecule has 12 atom stereocenters. The number of rotatable bonds is 50. The normalized spacial score (nSPS) is 24.8. The Balaban J connectivity index is 1.76. The van der Waals surface area contributed by atoms with E-state index in [9.17, 15) is 45.6 Å². The summed E-state index contributed by atoms with van der Waals surface area (Å²) in [6.07, 6.45) is 54.0. The van der Waals surface area contributed by atoms with Gasteiger partial charge in [0.15, 0.2) is 12.6 Å². The molecule has 2 heterocycles. The quantitative estimate of drug-likeness (QED) is 0.0204. The minimum atomic E-state index is -1.79. The zero-order chi connectivity index (χ0) is 58.8. The van der Waals surface area contributed by atoms with Crippen LogP contribution in [0.1, 0.15) is 226 Å². The van der Waals surface area contributed by atoms with E-state index in [0.717, 1.165) is 89.9 Å². The Bertz CT molecular complexity index is 1730. The molecular weight excluding hydrogens is 1030 g/mol. The Labute approximate surface area is 490 Å². The van der Waals surface area contributed by atoms with Gasteiger partial charge in [0.25, 0.3) is 0 Å². The molecule has 12 unspecified atom stereocenters. The highest BCUT2D eigenvalue weighted by molar-refractivity contribution is 5.76. The van der Waals surface area contributed by atoms with Gasteiger partial charge in [0.1, 0.15) is 48.8 Å². The first-order chi connectivity index (χ1) is 39.6. The van der Waals surface area contributed by atoms with Crippen LogP contribution >= 0.6 is 0 Å². The number of amides is 1. The standard InChI is InChI=1S/C67H115NO13/c1-3-5-7-9-11-13-15-17-19-21-23-25-26-27-28-29-30-31-33-35-37-39-41-43-45-47-49-51-59(72)68-55(56(71)50-48-46-44-42-40-38-36-34-32-24-22-20-18-16-14-12-10-8-6-4-2)54-78-66-64(77)62(75)65(58(53-70)80-66)81-67-63(76)61(74)60(73)57(52-69)79-67/h5,7,11,13,17,19,23,25,27-28,30-31,35,37,41,43,55-58,60-67,69-71,73-77H,3-4,6,8-10,12,14-16,18,20-22,24,26,29,32-34,36,38-40,42,44-54H2,1-2H3,(H,68,72)/b7-5-,13-11-,19-17-,25-23-,28-27-,31-30-,37-35-,43-41-. The Morgan fingerprint density at radius 2 is 0.852 bits per heavy atom. The summed E-state index contributed by atoms with van der Waals surface area (Å²) in [7, 11) is 0. The van der Waals surface area contributed by atoms with Crippen LogP contribution in [0.15, 0.2) is 97.2 Å². The van der Waals surface area contributed by atoms with E-state index in [2.05, 4.69) is 116 Å². The van der Waals surface area contributed by atoms with E-state index in [1.165, 1.54) is 103 Å². The first-order valence-corrected chi connectivity index (χ1v) is 32.0. The smallest absolute Gasteiger partial charge is 0.220 e. The average Bonchev–Trinajstić information content (AvgIpc) is 3.62. The van der Waals surface area contributed by atoms with Crippen LogP contribution < -0.4 is 5.32 Å². The van der Waals surface area contributed by atoms with Crippen molar-refractivity contribution in [2.24, 2.45) is 0 Å². The fourth-order valence-electron chi connectivity index (χ4n) is 9.96. The van der Waals surface area contributed by atoms with Crippen molar-refractivity contribution in [1.82, 2.24) is 5.32 Å². The maximum atomic E-state index is 13.3. The Kier molecular flexibility index (Phi) is 46.9. The molecule has 0 aliphatic carbocycles. The summed E-state index contributed by atoms with van der Waals surface area (Å²) in [5.41, 5.74) is 0. The van der Waals surface area contributed by atoms with E-state index in [-0.39, 0.29) is 18.9 Å². The topological polar surface area (TPSA) is 228 Å². The third-order valence-corrected chi connectivity index (χ3v) is 15.1. The number of unbranched alkanes of at least 4 members (excludes halogenated alkanes) is 21. The Morgan fingerprint density at radius 1 is 0.457 bits per heavy atom. The fraction of sp³-hybridized carbons (Fsp3) is 0.746. The van der Waals surface area contributed by atoms with Crippen LogP contribution in [0.4, 0.5) is 0 Å². The Morgan fingerprint density at radius 3 is 1.28 bits per heavy atom. The summed E-state index contributed by atoms with van der Waals surface area (Å²) >= 11 is 0. The summed E-state index contributed by atoms with van der Waals surface area (Å²) in [5.74, 6) is -0.251. The lowest BCUT2D eigenvalue weighted by atomic mass is 9.97. The van der Waals surface area contributed by atoms with Crippen molar-refractivity contribution in [1.29, 1.82) is 0 Å². The highest BCUT2D eigenvalue weighted by atomic mass is 16.7. The number of nitrogens with one attached hydrogen (secondary N) is 1. The molecule has 2 saturated heterocycles. The van der Waals surface area contributed by atoms with Gasteiger partial charge in [-0.3, -0.25) is 4.79 Å². The van der Waals surface area contributed by atoms with Gasteiger partial charge in [0.2, 0.25) is 5.91 Å². The third-order valence-electron chi connectivity index (χ3n) is 15.1. The van der Waals surface area contributed by atoms with E-state index in [4.69, 9.17) is 18.9 Å². The highest BCUT2D eigenvalue weighted by Crippen LogP contribution is 2.30. The fourth-order valence-corrected chi connectivity index (χ4v) is 9.96. The SMILES string of the molecule is CC/C=C\C/C=C\C/C=C\C/C=C\C/C=C\C/C=C\C/C=C\C/C=C\CCCCC(=O)NC(COC1OC(CO)C(OC2OC(CO)C(O)C(O)C2O)C(O)C1O)C(O)CCCCCCCCCCCCCCCCCCCCCC. The molecule has 2 rings (SSSR count). The molecule has 0 aromatic heterocycles. The zero-order valence-electron chi connectivity index (χ0n) is 50.2. The second-order valence-corrected chi connectivity index (χ2v) is 22.2. The molecule has 0 aromatic carbocycles. The number of aliphatic hydroxyl groups excluding tert-OH is 8. The van der Waals surface area contributed by atoms with Crippen molar-refractivity contribution in [3.05, 3.63) is 97.2 Å². The highest BCUT2D eigenvalue weighted by Gasteiger charge is 2.51. The van der Waals surface area contributed by atoms with E-state index in [1.54, 1.807) is 0 Å². The van der Waals surface area contributed by atoms with Gasteiger partial charge in [-0.2, -0.15) is 0 Å². The van der Waals surface area contributed by atoms with Gasteiger partial charge >= 0.3 is 0 Å². The van der Waals surface area contributed by atoms with Crippen LogP contribution in [0, 0.1) is 0 Å². The van der Waals surface area contributed by atoms with E-state index < -0.39 is 86.8 Å². The summed E-state index contributed by atoms with van der Waals surface area (Å²) < 4.78 is 22.8. The summed E-state index contributed by atoms with van der Waals surface area (Å²) in [4.78, 5) is 13.3. The summed E-state index contributed by atoms with van der Waals surface area (Å²) in [6, 6.07) is -0.860. The lowest BCUT2D eigenvalue weighted by molar-refractivity contribution is -0.359. The minimum Gasteiger partial charge on any atom is -0.394 e. The van der Waals surface area contributed by atoms with Crippen molar-refractivity contribution >= 4 is 5.91 Å². The summed E-state index contributed by atoms with van der Waals surface area (Å²) in [6.45, 7) is 2.72. The average molecular weight is 1140 g/mol.